The van der Waals surface area contributed by atoms with E-state index in [0.717, 1.165) is 12.1 Å². The van der Waals surface area contributed by atoms with Gasteiger partial charge in [-0.2, -0.15) is 13.2 Å². The fourth-order valence-electron chi connectivity index (χ4n) is 1.35. The van der Waals surface area contributed by atoms with E-state index in [9.17, 15) is 26.4 Å². The first-order valence-electron chi connectivity index (χ1n) is 5.17. The van der Waals surface area contributed by atoms with Crippen molar-refractivity contribution in [2.24, 2.45) is 5.92 Å². The molecular formula is C11H11F3O4S. The minimum Gasteiger partial charge on any atom is -0.481 e. The van der Waals surface area contributed by atoms with Gasteiger partial charge in [0.1, 0.15) is 0 Å². The third-order valence-electron chi connectivity index (χ3n) is 2.43. The Morgan fingerprint density at radius 1 is 1.26 bits per heavy atom. The van der Waals surface area contributed by atoms with Crippen LogP contribution in [0.5, 0.6) is 0 Å². The number of aliphatic carboxylic acids is 1. The van der Waals surface area contributed by atoms with Crippen molar-refractivity contribution < 1.29 is 31.5 Å². The van der Waals surface area contributed by atoms with Crippen molar-refractivity contribution in [2.75, 3.05) is 5.75 Å². The van der Waals surface area contributed by atoms with Gasteiger partial charge in [0.05, 0.1) is 22.1 Å². The Balaban J connectivity index is 3.01. The quantitative estimate of drug-likeness (QED) is 0.924. The molecule has 0 saturated heterocycles. The van der Waals surface area contributed by atoms with E-state index >= 15 is 0 Å². The zero-order chi connectivity index (χ0) is 14.8. The van der Waals surface area contributed by atoms with Gasteiger partial charge in [0, 0.05) is 0 Å². The van der Waals surface area contributed by atoms with Gasteiger partial charge < -0.3 is 5.11 Å². The maximum Gasteiger partial charge on any atom is 0.416 e. The molecule has 1 atom stereocenters. The molecule has 0 radical (unpaired) electrons. The van der Waals surface area contributed by atoms with Crippen LogP contribution in [0.25, 0.3) is 0 Å². The van der Waals surface area contributed by atoms with Crippen LogP contribution in [-0.4, -0.2) is 25.2 Å². The van der Waals surface area contributed by atoms with Gasteiger partial charge in [-0.1, -0.05) is 6.92 Å². The molecule has 0 amide bonds. The number of hydrogen-bond acceptors (Lipinski definition) is 3. The smallest absolute Gasteiger partial charge is 0.416 e. The SMILES string of the molecule is CC(CS(=O)(=O)c1ccc(C(F)(F)F)cc1)C(=O)O. The molecule has 1 aromatic rings. The molecule has 0 aromatic heterocycles. The molecule has 0 aliphatic rings. The molecule has 4 nitrogen and oxygen atoms in total. The molecule has 1 N–H and O–H groups in total. The molecule has 0 aliphatic heterocycles. The first kappa shape index (κ1) is 15.5. The molecule has 0 heterocycles. The van der Waals surface area contributed by atoms with Gasteiger partial charge in [-0.25, -0.2) is 8.42 Å². The van der Waals surface area contributed by atoms with Crippen LogP contribution in [0.3, 0.4) is 0 Å². The van der Waals surface area contributed by atoms with Crippen LogP contribution in [0.4, 0.5) is 13.2 Å². The summed E-state index contributed by atoms with van der Waals surface area (Å²) in [5.41, 5.74) is -0.960. The summed E-state index contributed by atoms with van der Waals surface area (Å²) in [5, 5.41) is 8.63. The van der Waals surface area contributed by atoms with Gasteiger partial charge in [0.25, 0.3) is 0 Å². The lowest BCUT2D eigenvalue weighted by Crippen LogP contribution is -2.21. The van der Waals surface area contributed by atoms with Crippen LogP contribution >= 0.6 is 0 Å². The van der Waals surface area contributed by atoms with E-state index < -0.39 is 39.2 Å². The highest BCUT2D eigenvalue weighted by atomic mass is 32.2. The summed E-state index contributed by atoms with van der Waals surface area (Å²) >= 11 is 0. The van der Waals surface area contributed by atoms with Gasteiger partial charge in [-0.15, -0.1) is 0 Å². The number of carboxylic acids is 1. The largest absolute Gasteiger partial charge is 0.481 e. The summed E-state index contributed by atoms with van der Waals surface area (Å²) in [7, 11) is -3.91. The molecule has 8 heteroatoms. The number of alkyl halides is 3. The van der Waals surface area contributed by atoms with Crippen LogP contribution in [-0.2, 0) is 20.8 Å². The third-order valence-corrected chi connectivity index (χ3v) is 4.36. The average molecular weight is 296 g/mol. The fraction of sp³-hybridized carbons (Fsp3) is 0.364. The Hall–Kier alpha value is -1.57. The number of rotatable bonds is 4. The maximum atomic E-state index is 12.3. The summed E-state index contributed by atoms with van der Waals surface area (Å²) in [5.74, 6) is -3.07. The van der Waals surface area contributed by atoms with E-state index in [4.69, 9.17) is 5.11 Å². The second kappa shape index (κ2) is 5.20. The van der Waals surface area contributed by atoms with E-state index in [2.05, 4.69) is 0 Å². The standard InChI is InChI=1S/C11H11F3O4S/c1-7(10(15)16)6-19(17,18)9-4-2-8(3-5-9)11(12,13)14/h2-5,7H,6H2,1H3,(H,15,16). The molecule has 0 bridgehead atoms. The zero-order valence-corrected chi connectivity index (χ0v) is 10.6. The first-order chi connectivity index (χ1) is 8.54. The molecule has 0 aliphatic carbocycles. The lowest BCUT2D eigenvalue weighted by Gasteiger charge is -2.10. The highest BCUT2D eigenvalue weighted by Crippen LogP contribution is 2.30. The molecule has 106 valence electrons. The predicted octanol–water partition coefficient (Wildman–Crippen LogP) is 2.20. The van der Waals surface area contributed by atoms with Crippen LogP contribution in [0, 0.1) is 5.92 Å². The van der Waals surface area contributed by atoms with E-state index in [-0.39, 0.29) is 4.90 Å². The summed E-state index contributed by atoms with van der Waals surface area (Å²) in [6.07, 6.45) is -4.54. The normalized spacial score (nSPS) is 14.1. The molecule has 0 fully saturated rings. The van der Waals surface area contributed by atoms with Gasteiger partial charge in [0.15, 0.2) is 9.84 Å². The highest BCUT2D eigenvalue weighted by molar-refractivity contribution is 7.91. The van der Waals surface area contributed by atoms with Gasteiger partial charge in [-0.3, -0.25) is 4.79 Å². The van der Waals surface area contributed by atoms with Crippen LogP contribution < -0.4 is 0 Å². The number of carbonyl (C=O) groups is 1. The Labute approximate surface area is 107 Å². The van der Waals surface area contributed by atoms with Crippen molar-refractivity contribution in [3.63, 3.8) is 0 Å². The van der Waals surface area contributed by atoms with Crippen LogP contribution in [0.15, 0.2) is 29.2 Å². The van der Waals surface area contributed by atoms with Crippen LogP contribution in [0.1, 0.15) is 12.5 Å². The molecule has 19 heavy (non-hydrogen) atoms. The van der Waals surface area contributed by atoms with Gasteiger partial charge in [-0.05, 0) is 24.3 Å². The van der Waals surface area contributed by atoms with E-state index in [0.29, 0.717) is 12.1 Å². The number of sulfone groups is 1. The van der Waals surface area contributed by atoms with Crippen molar-refractivity contribution in [3.05, 3.63) is 29.8 Å². The summed E-state index contributed by atoms with van der Waals surface area (Å²) in [6, 6.07) is 2.95. The van der Waals surface area contributed by atoms with E-state index in [1.165, 1.54) is 6.92 Å². The lowest BCUT2D eigenvalue weighted by molar-refractivity contribution is -0.140. The Morgan fingerprint density at radius 3 is 2.11 bits per heavy atom. The number of hydrogen-bond donors (Lipinski definition) is 1. The molecular weight excluding hydrogens is 285 g/mol. The monoisotopic (exact) mass is 296 g/mol. The lowest BCUT2D eigenvalue weighted by atomic mass is 10.2. The maximum absolute atomic E-state index is 12.3. The predicted molar refractivity (Wildman–Crippen MR) is 60.3 cm³/mol. The van der Waals surface area contributed by atoms with Gasteiger partial charge >= 0.3 is 12.1 Å². The second-order valence-corrected chi connectivity index (χ2v) is 6.08. The zero-order valence-electron chi connectivity index (χ0n) is 9.81. The number of benzene rings is 1. The van der Waals surface area contributed by atoms with Crippen molar-refractivity contribution >= 4 is 15.8 Å². The summed E-state index contributed by atoms with van der Waals surface area (Å²) < 4.78 is 60.4. The first-order valence-corrected chi connectivity index (χ1v) is 6.82. The van der Waals surface area contributed by atoms with Crippen LogP contribution in [0.2, 0.25) is 0 Å². The minimum atomic E-state index is -4.54. The van der Waals surface area contributed by atoms with Crippen molar-refractivity contribution in [1.82, 2.24) is 0 Å². The van der Waals surface area contributed by atoms with Crippen molar-refractivity contribution in [2.45, 2.75) is 18.0 Å². The number of halogens is 3. The molecule has 1 aromatic carbocycles. The molecule has 0 saturated carbocycles. The third kappa shape index (κ3) is 3.95. The topological polar surface area (TPSA) is 71.4 Å². The Kier molecular flexibility index (Phi) is 4.24. The Bertz CT molecular complexity index is 561. The number of carboxylic acid groups (broad SMARTS) is 1. The fourth-order valence-corrected chi connectivity index (χ4v) is 2.89. The highest BCUT2D eigenvalue weighted by Gasteiger charge is 2.31. The van der Waals surface area contributed by atoms with E-state index in [1.807, 2.05) is 0 Å². The summed E-state index contributed by atoms with van der Waals surface area (Å²) in [4.78, 5) is 10.3. The molecule has 1 rings (SSSR count). The minimum absolute atomic E-state index is 0.325. The average Bonchev–Trinajstić information content (AvgIpc) is 2.27. The van der Waals surface area contributed by atoms with E-state index in [1.54, 1.807) is 0 Å². The second-order valence-electron chi connectivity index (χ2n) is 4.04. The molecule has 0 spiro atoms. The van der Waals surface area contributed by atoms with Crippen molar-refractivity contribution in [3.8, 4) is 0 Å². The Morgan fingerprint density at radius 2 is 1.74 bits per heavy atom. The van der Waals surface area contributed by atoms with Crippen molar-refractivity contribution in [1.29, 1.82) is 0 Å². The summed E-state index contributed by atoms with van der Waals surface area (Å²) in [6.45, 7) is 1.21. The van der Waals surface area contributed by atoms with Gasteiger partial charge in [0.2, 0.25) is 0 Å². The molecule has 1 unspecified atom stereocenters.